The number of hydrogen-bond acceptors (Lipinski definition) is 6. The number of nitrogens with two attached hydrogens (primary N) is 2. The van der Waals surface area contributed by atoms with Crippen LogP contribution in [0.4, 0.5) is 0 Å². The summed E-state index contributed by atoms with van der Waals surface area (Å²) in [5.41, 5.74) is 17.1. The van der Waals surface area contributed by atoms with Gasteiger partial charge in [0.2, 0.25) is 0 Å². The SMILES string of the molecule is CC(C)N/C(N)=C/C=C(\N)C#Cc1cc(-c2nc3ccc(CN4CCN(C)CC4)cc3[nH]2)ccc1Cl. The van der Waals surface area contributed by atoms with E-state index in [2.05, 4.69) is 57.2 Å². The number of nitrogens with one attached hydrogen (secondary N) is 2. The Labute approximate surface area is 218 Å². The molecule has 0 atom stereocenters. The molecule has 6 N–H and O–H groups in total. The number of aromatic amines is 1. The standard InChI is InChI=1S/C28H34ClN7/c1-19(2)32-27(31)11-8-23(30)7-5-21-17-22(6-9-24(21)29)28-33-25-10-4-20(16-26(25)34-28)18-36-14-12-35(3)13-15-36/h4,6,8-11,16-17,19,32H,12-15,18,30-31H2,1-3H3,(H,33,34)/b23-8-,27-11+. The molecule has 1 saturated heterocycles. The average Bonchev–Trinajstić information content (AvgIpc) is 3.27. The van der Waals surface area contributed by atoms with Crippen molar-refractivity contribution in [2.45, 2.75) is 26.4 Å². The lowest BCUT2D eigenvalue weighted by atomic mass is 10.1. The molecule has 0 amide bonds. The van der Waals surface area contributed by atoms with E-state index in [0.717, 1.165) is 55.1 Å². The predicted molar refractivity (Wildman–Crippen MR) is 149 cm³/mol. The summed E-state index contributed by atoms with van der Waals surface area (Å²) in [7, 11) is 2.18. The molecule has 36 heavy (non-hydrogen) atoms. The molecule has 0 radical (unpaired) electrons. The highest BCUT2D eigenvalue weighted by molar-refractivity contribution is 6.31. The van der Waals surface area contributed by atoms with Gasteiger partial charge in [-0.3, -0.25) is 4.90 Å². The van der Waals surface area contributed by atoms with E-state index in [-0.39, 0.29) is 6.04 Å². The number of allylic oxidation sites excluding steroid dienone is 3. The normalized spacial score (nSPS) is 15.8. The zero-order chi connectivity index (χ0) is 25.7. The van der Waals surface area contributed by atoms with E-state index in [1.54, 1.807) is 12.2 Å². The van der Waals surface area contributed by atoms with Gasteiger partial charge in [-0.15, -0.1) is 0 Å². The molecule has 8 heteroatoms. The van der Waals surface area contributed by atoms with Gasteiger partial charge in [0.1, 0.15) is 5.82 Å². The van der Waals surface area contributed by atoms with Gasteiger partial charge < -0.3 is 26.7 Å². The van der Waals surface area contributed by atoms with Crippen LogP contribution in [0.25, 0.3) is 22.4 Å². The Morgan fingerprint density at radius 1 is 1.14 bits per heavy atom. The highest BCUT2D eigenvalue weighted by atomic mass is 35.5. The fourth-order valence-corrected chi connectivity index (χ4v) is 4.23. The molecule has 2 aromatic carbocycles. The summed E-state index contributed by atoms with van der Waals surface area (Å²) in [5.74, 6) is 7.32. The molecule has 0 unspecified atom stereocenters. The van der Waals surface area contributed by atoms with Crippen LogP contribution < -0.4 is 16.8 Å². The number of H-pyrrole nitrogens is 1. The molecule has 0 bridgehead atoms. The minimum atomic E-state index is 0.241. The molecule has 0 aliphatic carbocycles. The minimum Gasteiger partial charge on any atom is -0.392 e. The van der Waals surface area contributed by atoms with Crippen LogP contribution in [0.3, 0.4) is 0 Å². The Morgan fingerprint density at radius 3 is 2.67 bits per heavy atom. The number of aromatic nitrogens is 2. The van der Waals surface area contributed by atoms with Crippen LogP contribution in [-0.2, 0) is 6.54 Å². The molecule has 7 nitrogen and oxygen atoms in total. The van der Waals surface area contributed by atoms with Crippen LogP contribution >= 0.6 is 11.6 Å². The second kappa shape index (κ2) is 11.5. The van der Waals surface area contributed by atoms with Gasteiger partial charge in [-0.25, -0.2) is 4.98 Å². The third-order valence-corrected chi connectivity index (χ3v) is 6.36. The average molecular weight is 504 g/mol. The first-order valence-corrected chi connectivity index (χ1v) is 12.6. The first-order valence-electron chi connectivity index (χ1n) is 12.2. The van der Waals surface area contributed by atoms with Crippen molar-refractivity contribution in [3.8, 4) is 23.2 Å². The molecule has 1 aliphatic rings. The zero-order valence-electron chi connectivity index (χ0n) is 21.1. The second-order valence-corrected chi connectivity index (χ2v) is 9.91. The van der Waals surface area contributed by atoms with Crippen LogP contribution in [0.5, 0.6) is 0 Å². The molecule has 0 saturated carbocycles. The number of piperazine rings is 1. The van der Waals surface area contributed by atoms with Crippen LogP contribution in [-0.4, -0.2) is 59.0 Å². The number of rotatable bonds is 6. The van der Waals surface area contributed by atoms with Gasteiger partial charge in [0.25, 0.3) is 0 Å². The van der Waals surface area contributed by atoms with E-state index >= 15 is 0 Å². The van der Waals surface area contributed by atoms with Gasteiger partial charge in [0, 0.05) is 49.9 Å². The number of fused-ring (bicyclic) bond motifs is 1. The summed E-state index contributed by atoms with van der Waals surface area (Å²) in [6.07, 6.45) is 3.38. The Kier molecular flexibility index (Phi) is 8.21. The summed E-state index contributed by atoms with van der Waals surface area (Å²) in [6, 6.07) is 12.4. The van der Waals surface area contributed by atoms with E-state index in [9.17, 15) is 0 Å². The van der Waals surface area contributed by atoms with Crippen LogP contribution in [0.1, 0.15) is 25.0 Å². The number of halogens is 1. The number of likely N-dealkylation sites (N-methyl/N-ethyl adjacent to an activating group) is 1. The smallest absolute Gasteiger partial charge is 0.138 e. The van der Waals surface area contributed by atoms with Crippen molar-refractivity contribution in [1.29, 1.82) is 0 Å². The zero-order valence-corrected chi connectivity index (χ0v) is 21.9. The van der Waals surface area contributed by atoms with Crippen LogP contribution in [0, 0.1) is 11.8 Å². The molecular weight excluding hydrogens is 470 g/mol. The lowest BCUT2D eigenvalue weighted by Crippen LogP contribution is -2.43. The van der Waals surface area contributed by atoms with Crippen molar-refractivity contribution in [1.82, 2.24) is 25.1 Å². The molecule has 1 aromatic heterocycles. The van der Waals surface area contributed by atoms with Gasteiger partial charge in [0.15, 0.2) is 0 Å². The van der Waals surface area contributed by atoms with Crippen molar-refractivity contribution < 1.29 is 0 Å². The monoisotopic (exact) mass is 503 g/mol. The summed E-state index contributed by atoms with van der Waals surface area (Å²) >= 11 is 6.41. The molecule has 3 aromatic rings. The fraction of sp³-hybridized carbons (Fsp3) is 0.321. The Morgan fingerprint density at radius 2 is 1.92 bits per heavy atom. The summed E-state index contributed by atoms with van der Waals surface area (Å²) in [4.78, 5) is 13.1. The second-order valence-electron chi connectivity index (χ2n) is 9.50. The maximum atomic E-state index is 6.41. The van der Waals surface area contributed by atoms with E-state index in [4.69, 9.17) is 28.1 Å². The van der Waals surface area contributed by atoms with Gasteiger partial charge in [-0.1, -0.05) is 23.6 Å². The summed E-state index contributed by atoms with van der Waals surface area (Å²) in [6.45, 7) is 9.38. The highest BCUT2D eigenvalue weighted by Crippen LogP contribution is 2.26. The number of nitrogens with zero attached hydrogens (tertiary/aromatic N) is 3. The van der Waals surface area contributed by atoms with E-state index < -0.39 is 0 Å². The molecular formula is C28H34ClN7. The lowest BCUT2D eigenvalue weighted by molar-refractivity contribution is 0.148. The van der Waals surface area contributed by atoms with E-state index in [0.29, 0.717) is 22.1 Å². The summed E-state index contributed by atoms with van der Waals surface area (Å²) in [5, 5.41) is 3.65. The van der Waals surface area contributed by atoms with E-state index in [1.165, 1.54) is 5.56 Å². The molecule has 0 spiro atoms. The Bertz CT molecular complexity index is 1330. The maximum absolute atomic E-state index is 6.41. The predicted octanol–water partition coefficient (Wildman–Crippen LogP) is 3.62. The molecule has 188 valence electrons. The largest absolute Gasteiger partial charge is 0.392 e. The lowest BCUT2D eigenvalue weighted by Gasteiger charge is -2.32. The van der Waals surface area contributed by atoms with Crippen molar-refractivity contribution in [2.75, 3.05) is 33.2 Å². The van der Waals surface area contributed by atoms with Crippen LogP contribution in [0.2, 0.25) is 5.02 Å². The fourth-order valence-electron chi connectivity index (χ4n) is 4.07. The van der Waals surface area contributed by atoms with Gasteiger partial charge in [0.05, 0.1) is 27.6 Å². The quantitative estimate of drug-likeness (QED) is 0.303. The Hall–Kier alpha value is -3.44. The number of imidazole rings is 1. The van der Waals surface area contributed by atoms with Crippen LogP contribution in [0.15, 0.2) is 60.1 Å². The van der Waals surface area contributed by atoms with Gasteiger partial charge in [-0.2, -0.15) is 0 Å². The summed E-state index contributed by atoms with van der Waals surface area (Å²) < 4.78 is 0. The van der Waals surface area contributed by atoms with Crippen molar-refractivity contribution >= 4 is 22.6 Å². The van der Waals surface area contributed by atoms with Crippen molar-refractivity contribution in [2.24, 2.45) is 11.5 Å². The highest BCUT2D eigenvalue weighted by Gasteiger charge is 2.15. The van der Waals surface area contributed by atoms with E-state index in [1.807, 2.05) is 32.0 Å². The topological polar surface area (TPSA) is 99.2 Å². The van der Waals surface area contributed by atoms with Crippen molar-refractivity contribution in [3.63, 3.8) is 0 Å². The number of benzene rings is 2. The first-order chi connectivity index (χ1) is 17.3. The Balaban J connectivity index is 1.51. The molecule has 4 rings (SSSR count). The number of hydrogen-bond donors (Lipinski definition) is 4. The van der Waals surface area contributed by atoms with Crippen molar-refractivity contribution in [3.05, 3.63) is 76.2 Å². The van der Waals surface area contributed by atoms with Gasteiger partial charge >= 0.3 is 0 Å². The minimum absolute atomic E-state index is 0.241. The first kappa shape index (κ1) is 25.6. The third kappa shape index (κ3) is 6.82. The maximum Gasteiger partial charge on any atom is 0.138 e. The third-order valence-electron chi connectivity index (χ3n) is 6.03. The molecule has 1 fully saturated rings. The van der Waals surface area contributed by atoms with Gasteiger partial charge in [-0.05, 0) is 74.9 Å². The molecule has 1 aliphatic heterocycles. The molecule has 2 heterocycles.